The largest absolute Gasteiger partial charge is 0.459 e. The van der Waals surface area contributed by atoms with Gasteiger partial charge in [-0.15, -0.1) is 0 Å². The molecule has 0 saturated heterocycles. The molecule has 0 bridgehead atoms. The number of carbonyl (C=O) groups excluding carboxylic acids is 6. The lowest BCUT2D eigenvalue weighted by Gasteiger charge is -2.18. The predicted octanol–water partition coefficient (Wildman–Crippen LogP) is 15.1. The van der Waals surface area contributed by atoms with Crippen molar-refractivity contribution in [3.8, 4) is 0 Å². The highest BCUT2D eigenvalue weighted by Gasteiger charge is 2.29. The molecule has 87 heavy (non-hydrogen) atoms. The highest BCUT2D eigenvalue weighted by Crippen LogP contribution is 2.26. The van der Waals surface area contributed by atoms with E-state index in [9.17, 15) is 28.8 Å². The number of esters is 6. The van der Waals surface area contributed by atoms with Crippen LogP contribution in [-0.4, -0.2) is 87.4 Å². The lowest BCUT2D eigenvalue weighted by atomic mass is 10.1. The first-order chi connectivity index (χ1) is 40.9. The van der Waals surface area contributed by atoms with E-state index in [1.54, 1.807) is 114 Å². The Hall–Kier alpha value is -7.89. The Balaban J connectivity index is 1.75. The predicted molar refractivity (Wildman–Crippen MR) is 343 cm³/mol. The van der Waals surface area contributed by atoms with Crippen LogP contribution in [0.25, 0.3) is 18.2 Å². The molecule has 6 unspecified atom stereocenters. The first-order valence-corrected chi connectivity index (χ1v) is 30.7. The van der Waals surface area contributed by atoms with Gasteiger partial charge in [0.25, 0.3) is 0 Å². The van der Waals surface area contributed by atoms with E-state index in [1.807, 2.05) is 83.1 Å². The first kappa shape index (κ1) is 71.6. The van der Waals surface area contributed by atoms with E-state index in [0.717, 1.165) is 0 Å². The van der Waals surface area contributed by atoms with Gasteiger partial charge in [0, 0.05) is 17.1 Å². The molecule has 4 aromatic rings. The van der Waals surface area contributed by atoms with Crippen molar-refractivity contribution in [2.24, 2.45) is 35.5 Å². The number of nitrogens with zero attached hydrogens (tertiary/aromatic N) is 3. The molecule has 1 heterocycles. The van der Waals surface area contributed by atoms with Gasteiger partial charge in [0.15, 0.2) is 0 Å². The molecule has 18 nitrogen and oxygen atoms in total. The summed E-state index contributed by atoms with van der Waals surface area (Å²) in [6.07, 6.45) is 5.47. The van der Waals surface area contributed by atoms with Gasteiger partial charge in [0.05, 0.1) is 36.6 Å². The average Bonchev–Trinajstić information content (AvgIpc) is 2.82. The molecule has 4 rings (SSSR count). The molecule has 0 saturated carbocycles. The molecule has 474 valence electrons. The van der Waals surface area contributed by atoms with E-state index in [-0.39, 0.29) is 70.1 Å². The zero-order chi connectivity index (χ0) is 64.7. The van der Waals surface area contributed by atoms with Crippen molar-refractivity contribution >= 4 is 89.0 Å². The Kier molecular flexibility index (Phi) is 28.8. The topological polar surface area (TPSA) is 233 Å². The fourth-order valence-corrected chi connectivity index (χ4v) is 9.77. The Morgan fingerprint density at radius 3 is 0.609 bits per heavy atom. The van der Waals surface area contributed by atoms with Crippen molar-refractivity contribution in [2.75, 3.05) is 16.0 Å². The van der Waals surface area contributed by atoms with Crippen molar-refractivity contribution in [2.45, 2.75) is 200 Å². The van der Waals surface area contributed by atoms with E-state index in [1.165, 1.54) is 18.2 Å². The summed E-state index contributed by atoms with van der Waals surface area (Å²) in [6.45, 7) is 35.1. The molecule has 0 aliphatic heterocycles. The number of ether oxygens (including phenoxy) is 6. The Labute approximate surface area is 516 Å². The zero-order valence-corrected chi connectivity index (χ0v) is 54.6. The first-order valence-electron chi connectivity index (χ1n) is 30.7. The summed E-state index contributed by atoms with van der Waals surface area (Å²) in [5.74, 6) is -2.73. The Morgan fingerprint density at radius 1 is 0.299 bits per heavy atom. The molecule has 0 radical (unpaired) electrons. The second kappa shape index (κ2) is 35.1. The van der Waals surface area contributed by atoms with Gasteiger partial charge in [-0.05, 0) is 187 Å². The number of anilines is 6. The fraction of sp³-hybridized carbons (Fsp3) is 0.522. The van der Waals surface area contributed by atoms with Crippen molar-refractivity contribution < 1.29 is 57.2 Å². The molecule has 18 heteroatoms. The maximum absolute atomic E-state index is 13.6. The molecule has 3 aromatic carbocycles. The number of carbonyl (C=O) groups is 6. The summed E-state index contributed by atoms with van der Waals surface area (Å²) in [4.78, 5) is 95.4. The summed E-state index contributed by atoms with van der Waals surface area (Å²) in [5, 5.41) is 9.70. The van der Waals surface area contributed by atoms with E-state index in [0.29, 0.717) is 72.3 Å². The van der Waals surface area contributed by atoms with Gasteiger partial charge in [-0.1, -0.05) is 119 Å². The van der Waals surface area contributed by atoms with Crippen LogP contribution in [0, 0.1) is 35.5 Å². The van der Waals surface area contributed by atoms with E-state index in [4.69, 9.17) is 43.4 Å². The van der Waals surface area contributed by atoms with Gasteiger partial charge >= 0.3 is 35.8 Å². The molecule has 6 atom stereocenters. The van der Waals surface area contributed by atoms with Crippen molar-refractivity contribution in [3.05, 3.63) is 106 Å². The van der Waals surface area contributed by atoms with Gasteiger partial charge in [-0.25, -0.2) is 28.8 Å². The van der Waals surface area contributed by atoms with Gasteiger partial charge in [0.2, 0.25) is 17.8 Å². The van der Waals surface area contributed by atoms with Gasteiger partial charge in [0.1, 0.15) is 16.7 Å². The molecular formula is C69H96N6O12. The van der Waals surface area contributed by atoms with E-state index in [2.05, 4.69) is 16.0 Å². The van der Waals surface area contributed by atoms with Crippen LogP contribution < -0.4 is 16.0 Å². The minimum atomic E-state index is -0.776. The summed E-state index contributed by atoms with van der Waals surface area (Å²) < 4.78 is 34.3. The number of benzene rings is 3. The summed E-state index contributed by atoms with van der Waals surface area (Å²) >= 11 is 0. The monoisotopic (exact) mass is 1200 g/mol. The summed E-state index contributed by atoms with van der Waals surface area (Å²) in [5.41, 5.74) is 2.52. The number of rotatable bonds is 33. The third-order valence-corrected chi connectivity index (χ3v) is 13.1. The second-order valence-corrected chi connectivity index (χ2v) is 25.3. The zero-order valence-electron chi connectivity index (χ0n) is 54.6. The molecule has 3 N–H and O–H groups in total. The minimum absolute atomic E-state index is 0.114. The third-order valence-electron chi connectivity index (χ3n) is 13.1. The van der Waals surface area contributed by atoms with Crippen molar-refractivity contribution in [3.63, 3.8) is 0 Å². The van der Waals surface area contributed by atoms with Crippen LogP contribution in [0.15, 0.2) is 89.5 Å². The smallest absolute Gasteiger partial charge is 0.345 e. The van der Waals surface area contributed by atoms with Crippen LogP contribution in [0.4, 0.5) is 34.9 Å². The van der Waals surface area contributed by atoms with E-state index < -0.39 is 72.4 Å². The number of nitrogens with one attached hydrogen (secondary N) is 3. The molecular weight excluding hydrogens is 1100 g/mol. The maximum atomic E-state index is 13.6. The quantitative estimate of drug-likeness (QED) is 0.0132. The molecule has 0 fully saturated rings. The van der Waals surface area contributed by atoms with Gasteiger partial charge in [-0.2, -0.15) is 15.0 Å². The van der Waals surface area contributed by atoms with Crippen LogP contribution in [0.1, 0.15) is 180 Å². The second-order valence-electron chi connectivity index (χ2n) is 25.3. The standard InChI is InChI=1S/C69H96N6O12/c1-40(2)31-46(13)82-61(76)58(62(77)83-47(14)32-41(3)4)37-52-19-25-55(26-20-52)70-67-73-68(71-56-27-21-53(22-28-56)38-59(63(78)84-48(15)33-42(5)6)64(79)85-49(16)34-43(7)8)75-69(74-67)72-57-29-23-54(24-30-57)39-60(65(80)86-50(17)35-44(9)10)66(81)87-51(18)36-45(11)12/h19-30,37-51H,31-36H2,1-18H3,(H3,70,71,72,73,74,75). The normalized spacial score (nSPS) is 13.4. The minimum Gasteiger partial charge on any atom is -0.459 e. The lowest BCUT2D eigenvalue weighted by Crippen LogP contribution is -2.26. The fourth-order valence-electron chi connectivity index (χ4n) is 9.77. The van der Waals surface area contributed by atoms with Crippen LogP contribution in [0.3, 0.4) is 0 Å². The number of hydrogen-bond acceptors (Lipinski definition) is 18. The molecule has 0 aliphatic rings. The number of aromatic nitrogens is 3. The number of hydrogen-bond donors (Lipinski definition) is 3. The molecule has 0 spiro atoms. The Bertz CT molecular complexity index is 2560. The van der Waals surface area contributed by atoms with Gasteiger partial charge < -0.3 is 44.4 Å². The third kappa shape index (κ3) is 26.7. The molecule has 0 aliphatic carbocycles. The summed E-state index contributed by atoms with van der Waals surface area (Å²) in [7, 11) is 0. The van der Waals surface area contributed by atoms with E-state index >= 15 is 0 Å². The maximum Gasteiger partial charge on any atom is 0.345 e. The highest BCUT2D eigenvalue weighted by atomic mass is 16.6. The van der Waals surface area contributed by atoms with Crippen LogP contribution in [0.2, 0.25) is 0 Å². The SMILES string of the molecule is CC(C)CC(C)OC(=O)C(=Cc1ccc(Nc2nc(Nc3ccc(C=C(C(=O)OC(C)CC(C)C)C(=O)OC(C)CC(C)C)cc3)nc(Nc3ccc(C=C(C(=O)OC(C)CC(C)C)C(=O)OC(C)CC(C)C)cc3)n2)cc1)C(=O)OC(C)CC(C)C. The molecule has 1 aromatic heterocycles. The van der Waals surface area contributed by atoms with Gasteiger partial charge in [-0.3, -0.25) is 0 Å². The Morgan fingerprint density at radius 2 is 0.460 bits per heavy atom. The van der Waals surface area contributed by atoms with Crippen LogP contribution in [-0.2, 0) is 57.2 Å². The van der Waals surface area contributed by atoms with Crippen molar-refractivity contribution in [1.82, 2.24) is 15.0 Å². The average molecular weight is 1200 g/mol. The molecule has 0 amide bonds. The van der Waals surface area contributed by atoms with Crippen LogP contribution in [0.5, 0.6) is 0 Å². The highest BCUT2D eigenvalue weighted by molar-refractivity contribution is 6.19. The summed E-state index contributed by atoms with van der Waals surface area (Å²) in [6, 6.07) is 20.7. The van der Waals surface area contributed by atoms with Crippen LogP contribution >= 0.6 is 0 Å². The van der Waals surface area contributed by atoms with Crippen molar-refractivity contribution in [1.29, 1.82) is 0 Å². The lowest BCUT2D eigenvalue weighted by molar-refractivity contribution is -0.154.